The maximum absolute atomic E-state index is 12.3. The normalized spacial score (nSPS) is 21.0. The van der Waals surface area contributed by atoms with Gasteiger partial charge in [0.2, 0.25) is 5.91 Å². The predicted octanol–water partition coefficient (Wildman–Crippen LogP) is 1.76. The van der Waals surface area contributed by atoms with E-state index in [1.807, 2.05) is 4.90 Å². The second-order valence-electron chi connectivity index (χ2n) is 6.75. The van der Waals surface area contributed by atoms with Crippen LogP contribution in [-0.4, -0.2) is 46.4 Å². The quantitative estimate of drug-likeness (QED) is 0.808. The standard InChI is InChI=1S/C17H21N5O2/c1-2-3-6-17(20-21-17)7-4-15(23)22-9-12(10-22)16-13-11-24-8-5-14(13)18-19-16/h1,12H,3-11H2,(H,18,19). The topological polar surface area (TPSA) is 82.9 Å². The Bertz CT molecular complexity index is 705. The Kier molecular flexibility index (Phi) is 3.85. The molecule has 1 fully saturated rings. The van der Waals surface area contributed by atoms with E-state index in [4.69, 9.17) is 11.2 Å². The Morgan fingerprint density at radius 1 is 1.42 bits per heavy atom. The third-order valence-corrected chi connectivity index (χ3v) is 5.14. The number of carbonyl (C=O) groups excluding carboxylic acids is 1. The van der Waals surface area contributed by atoms with Crippen LogP contribution in [0.25, 0.3) is 0 Å². The van der Waals surface area contributed by atoms with Gasteiger partial charge in [0, 0.05) is 62.4 Å². The van der Waals surface area contributed by atoms with Crippen molar-refractivity contribution in [3.63, 3.8) is 0 Å². The van der Waals surface area contributed by atoms with Gasteiger partial charge in [-0.2, -0.15) is 15.3 Å². The number of aromatic nitrogens is 2. The molecule has 1 N–H and O–H groups in total. The first-order chi connectivity index (χ1) is 11.7. The maximum atomic E-state index is 12.3. The van der Waals surface area contributed by atoms with Crippen LogP contribution < -0.4 is 0 Å². The molecule has 126 valence electrons. The minimum Gasteiger partial charge on any atom is -0.376 e. The molecule has 1 aromatic heterocycles. The van der Waals surface area contributed by atoms with Crippen LogP contribution in [-0.2, 0) is 22.6 Å². The fraction of sp³-hybridized carbons (Fsp3) is 0.647. The van der Waals surface area contributed by atoms with Gasteiger partial charge in [0.15, 0.2) is 5.66 Å². The van der Waals surface area contributed by atoms with E-state index >= 15 is 0 Å². The maximum Gasteiger partial charge on any atom is 0.222 e. The van der Waals surface area contributed by atoms with Crippen molar-refractivity contribution in [3.05, 3.63) is 17.0 Å². The number of nitrogens with one attached hydrogen (secondary N) is 1. The molecule has 1 amide bonds. The zero-order chi connectivity index (χ0) is 16.6. The van der Waals surface area contributed by atoms with E-state index < -0.39 is 0 Å². The van der Waals surface area contributed by atoms with E-state index in [0.717, 1.165) is 38.2 Å². The average molecular weight is 327 g/mol. The highest BCUT2D eigenvalue weighted by atomic mass is 16.5. The smallest absolute Gasteiger partial charge is 0.222 e. The molecule has 1 saturated heterocycles. The molecule has 3 aliphatic rings. The first-order valence-corrected chi connectivity index (χ1v) is 8.50. The number of ether oxygens (including phenoxy) is 1. The molecule has 7 heteroatoms. The molecule has 1 aromatic rings. The molecule has 0 spiro atoms. The van der Waals surface area contributed by atoms with Crippen LogP contribution in [0.15, 0.2) is 10.2 Å². The second-order valence-corrected chi connectivity index (χ2v) is 6.75. The number of aromatic amines is 1. The summed E-state index contributed by atoms with van der Waals surface area (Å²) < 4.78 is 5.53. The van der Waals surface area contributed by atoms with E-state index in [1.54, 1.807) is 0 Å². The van der Waals surface area contributed by atoms with Crippen LogP contribution in [0.5, 0.6) is 0 Å². The summed E-state index contributed by atoms with van der Waals surface area (Å²) in [6.07, 6.45) is 8.72. The summed E-state index contributed by atoms with van der Waals surface area (Å²) in [5.41, 5.74) is 3.09. The number of H-pyrrole nitrogens is 1. The lowest BCUT2D eigenvalue weighted by Gasteiger charge is -2.39. The van der Waals surface area contributed by atoms with Crippen molar-refractivity contribution in [2.24, 2.45) is 10.2 Å². The van der Waals surface area contributed by atoms with Gasteiger partial charge in [0.1, 0.15) is 0 Å². The van der Waals surface area contributed by atoms with Gasteiger partial charge >= 0.3 is 0 Å². The molecule has 0 unspecified atom stereocenters. The molecule has 4 heterocycles. The minimum absolute atomic E-state index is 0.171. The van der Waals surface area contributed by atoms with Gasteiger partial charge in [-0.25, -0.2) is 0 Å². The lowest BCUT2D eigenvalue weighted by Crippen LogP contribution is -2.49. The number of hydrogen-bond acceptors (Lipinski definition) is 5. The van der Waals surface area contributed by atoms with Crippen molar-refractivity contribution in [1.29, 1.82) is 0 Å². The summed E-state index contributed by atoms with van der Waals surface area (Å²) in [6, 6.07) is 0. The molecule has 0 saturated carbocycles. The van der Waals surface area contributed by atoms with E-state index in [0.29, 0.717) is 31.8 Å². The molecular formula is C17H21N5O2. The fourth-order valence-corrected chi connectivity index (χ4v) is 3.46. The van der Waals surface area contributed by atoms with Gasteiger partial charge in [-0.3, -0.25) is 9.89 Å². The average Bonchev–Trinajstić information content (AvgIpc) is 3.22. The van der Waals surface area contributed by atoms with Gasteiger partial charge < -0.3 is 9.64 Å². The molecule has 0 atom stereocenters. The summed E-state index contributed by atoms with van der Waals surface area (Å²) >= 11 is 0. The molecule has 7 nitrogen and oxygen atoms in total. The van der Waals surface area contributed by atoms with E-state index in [2.05, 4.69) is 26.3 Å². The molecule has 0 bridgehead atoms. The number of amides is 1. The van der Waals surface area contributed by atoms with Gasteiger partial charge in [0.05, 0.1) is 18.9 Å². The Morgan fingerprint density at radius 3 is 3.00 bits per heavy atom. The van der Waals surface area contributed by atoms with E-state index in [1.165, 1.54) is 11.3 Å². The molecule has 24 heavy (non-hydrogen) atoms. The van der Waals surface area contributed by atoms with Crippen LogP contribution in [0.1, 0.15) is 48.6 Å². The number of likely N-dealkylation sites (tertiary alicyclic amines) is 1. The third-order valence-electron chi connectivity index (χ3n) is 5.14. The third kappa shape index (κ3) is 2.82. The summed E-state index contributed by atoms with van der Waals surface area (Å²) in [4.78, 5) is 14.2. The Hall–Kier alpha value is -2.20. The monoisotopic (exact) mass is 327 g/mol. The predicted molar refractivity (Wildman–Crippen MR) is 86.2 cm³/mol. The van der Waals surface area contributed by atoms with Gasteiger partial charge in [-0.05, 0) is 0 Å². The fourth-order valence-electron chi connectivity index (χ4n) is 3.46. The number of nitrogens with zero attached hydrogens (tertiary/aromatic N) is 4. The highest BCUT2D eigenvalue weighted by Crippen LogP contribution is 2.38. The van der Waals surface area contributed by atoms with Crippen molar-refractivity contribution in [1.82, 2.24) is 15.1 Å². The summed E-state index contributed by atoms with van der Waals surface area (Å²) in [5, 5.41) is 15.7. The largest absolute Gasteiger partial charge is 0.376 e. The van der Waals surface area contributed by atoms with E-state index in [-0.39, 0.29) is 11.6 Å². The second kappa shape index (κ2) is 6.02. The molecular weight excluding hydrogens is 306 g/mol. The first kappa shape index (κ1) is 15.3. The number of carbonyl (C=O) groups is 1. The van der Waals surface area contributed by atoms with Crippen LogP contribution in [0.3, 0.4) is 0 Å². The highest BCUT2D eigenvalue weighted by Gasteiger charge is 2.41. The summed E-state index contributed by atoms with van der Waals surface area (Å²) in [7, 11) is 0. The van der Waals surface area contributed by atoms with Crippen molar-refractivity contribution >= 4 is 5.91 Å². The molecule has 0 radical (unpaired) electrons. The number of hydrogen-bond donors (Lipinski definition) is 1. The Labute approximate surface area is 140 Å². The van der Waals surface area contributed by atoms with Crippen molar-refractivity contribution in [2.75, 3.05) is 19.7 Å². The number of terminal acetylenes is 1. The zero-order valence-electron chi connectivity index (χ0n) is 13.6. The molecule has 4 rings (SSSR count). The van der Waals surface area contributed by atoms with Gasteiger partial charge in [0.25, 0.3) is 0 Å². The van der Waals surface area contributed by atoms with Crippen LogP contribution in [0, 0.1) is 12.3 Å². The lowest BCUT2D eigenvalue weighted by molar-refractivity contribution is -0.136. The number of rotatable bonds is 6. The lowest BCUT2D eigenvalue weighted by atomic mass is 9.91. The van der Waals surface area contributed by atoms with Gasteiger partial charge in [-0.1, -0.05) is 0 Å². The number of fused-ring (bicyclic) bond motifs is 1. The van der Waals surface area contributed by atoms with Crippen molar-refractivity contribution in [3.8, 4) is 12.3 Å². The summed E-state index contributed by atoms with van der Waals surface area (Å²) in [5.74, 6) is 3.10. The Morgan fingerprint density at radius 2 is 2.25 bits per heavy atom. The molecule has 0 aromatic carbocycles. The minimum atomic E-state index is -0.370. The highest BCUT2D eigenvalue weighted by molar-refractivity contribution is 5.77. The van der Waals surface area contributed by atoms with Crippen LogP contribution >= 0.6 is 0 Å². The van der Waals surface area contributed by atoms with Crippen LogP contribution in [0.4, 0.5) is 0 Å². The van der Waals surface area contributed by atoms with Crippen LogP contribution in [0.2, 0.25) is 0 Å². The molecule has 0 aliphatic carbocycles. The summed E-state index contributed by atoms with van der Waals surface area (Å²) in [6.45, 7) is 2.86. The SMILES string of the molecule is C#CCCC1(CCC(=O)N2CC(c3n[nH]c4c3COCC4)C2)N=N1. The first-order valence-electron chi connectivity index (χ1n) is 8.50. The van der Waals surface area contributed by atoms with Crippen molar-refractivity contribution < 1.29 is 9.53 Å². The van der Waals surface area contributed by atoms with E-state index in [9.17, 15) is 4.79 Å². The van der Waals surface area contributed by atoms with Gasteiger partial charge in [-0.15, -0.1) is 12.3 Å². The Balaban J connectivity index is 1.26. The van der Waals surface area contributed by atoms with Crippen molar-refractivity contribution in [2.45, 2.75) is 50.3 Å². The molecule has 3 aliphatic heterocycles. The zero-order valence-corrected chi connectivity index (χ0v) is 13.6.